The summed E-state index contributed by atoms with van der Waals surface area (Å²) in [6.45, 7) is 12.1. The van der Waals surface area contributed by atoms with Gasteiger partial charge in [-0.2, -0.15) is 0 Å². The van der Waals surface area contributed by atoms with E-state index in [4.69, 9.17) is 0 Å². The maximum atomic E-state index is 3.65. The number of nitrogens with zero attached hydrogens (tertiary/aromatic N) is 1. The quantitative estimate of drug-likeness (QED) is 0.793. The lowest BCUT2D eigenvalue weighted by molar-refractivity contribution is 0.0665. The fourth-order valence-electron chi connectivity index (χ4n) is 4.21. The van der Waals surface area contributed by atoms with Crippen LogP contribution >= 0.6 is 0 Å². The average molecular weight is 281 g/mol. The van der Waals surface area contributed by atoms with Gasteiger partial charge in [0.1, 0.15) is 0 Å². The number of piperidine rings is 1. The van der Waals surface area contributed by atoms with Gasteiger partial charge >= 0.3 is 0 Å². The molecule has 0 bridgehead atoms. The van der Waals surface area contributed by atoms with Gasteiger partial charge in [0.2, 0.25) is 0 Å². The molecule has 1 aliphatic heterocycles. The van der Waals surface area contributed by atoms with Crippen LogP contribution in [-0.4, -0.2) is 37.1 Å². The largest absolute Gasteiger partial charge is 0.316 e. The standard InChI is InChI=1S/C18H36N2/c1-4-17-7-5-6-8-18(17)20-11-9-16(10-12-20)14-19-13-15(2)3/h15-19H,4-14H2,1-3H3. The van der Waals surface area contributed by atoms with Gasteiger partial charge in [0.05, 0.1) is 0 Å². The molecule has 0 radical (unpaired) electrons. The molecule has 1 saturated heterocycles. The molecule has 2 atom stereocenters. The third-order valence-electron chi connectivity index (χ3n) is 5.50. The average Bonchev–Trinajstić information content (AvgIpc) is 2.47. The van der Waals surface area contributed by atoms with Gasteiger partial charge in [-0.1, -0.05) is 40.0 Å². The second kappa shape index (κ2) is 8.38. The van der Waals surface area contributed by atoms with Crippen LogP contribution in [0.1, 0.15) is 65.7 Å². The summed E-state index contributed by atoms with van der Waals surface area (Å²) in [6, 6.07) is 0.915. The molecule has 118 valence electrons. The van der Waals surface area contributed by atoms with Crippen LogP contribution in [0.3, 0.4) is 0 Å². The Morgan fingerprint density at radius 1 is 1.05 bits per heavy atom. The molecule has 0 aromatic heterocycles. The van der Waals surface area contributed by atoms with Gasteiger partial charge in [-0.05, 0) is 69.6 Å². The summed E-state index contributed by atoms with van der Waals surface area (Å²) in [4.78, 5) is 2.84. The summed E-state index contributed by atoms with van der Waals surface area (Å²) in [5.41, 5.74) is 0. The Balaban J connectivity index is 1.70. The fraction of sp³-hybridized carbons (Fsp3) is 1.00. The minimum atomic E-state index is 0.780. The molecule has 2 unspecified atom stereocenters. The van der Waals surface area contributed by atoms with Gasteiger partial charge in [-0.15, -0.1) is 0 Å². The van der Waals surface area contributed by atoms with Crippen LogP contribution in [0.25, 0.3) is 0 Å². The Morgan fingerprint density at radius 3 is 2.40 bits per heavy atom. The molecule has 0 aromatic carbocycles. The molecule has 2 heteroatoms. The number of hydrogen-bond donors (Lipinski definition) is 1. The summed E-state index contributed by atoms with van der Waals surface area (Å²) in [5.74, 6) is 2.69. The van der Waals surface area contributed by atoms with Gasteiger partial charge in [-0.25, -0.2) is 0 Å². The summed E-state index contributed by atoms with van der Waals surface area (Å²) in [6.07, 6.45) is 10.1. The summed E-state index contributed by atoms with van der Waals surface area (Å²) in [5, 5.41) is 3.65. The monoisotopic (exact) mass is 280 g/mol. The highest BCUT2D eigenvalue weighted by atomic mass is 15.2. The topological polar surface area (TPSA) is 15.3 Å². The van der Waals surface area contributed by atoms with Crippen LogP contribution in [-0.2, 0) is 0 Å². The molecule has 20 heavy (non-hydrogen) atoms. The van der Waals surface area contributed by atoms with Crippen LogP contribution in [0, 0.1) is 17.8 Å². The molecule has 2 nitrogen and oxygen atoms in total. The normalized spacial score (nSPS) is 30.0. The molecule has 1 heterocycles. The van der Waals surface area contributed by atoms with Crippen LogP contribution in [0.5, 0.6) is 0 Å². The first-order valence-corrected chi connectivity index (χ1v) is 9.15. The fourth-order valence-corrected chi connectivity index (χ4v) is 4.21. The first kappa shape index (κ1) is 16.3. The number of nitrogens with one attached hydrogen (secondary N) is 1. The van der Waals surface area contributed by atoms with Gasteiger partial charge < -0.3 is 10.2 Å². The van der Waals surface area contributed by atoms with Crippen molar-refractivity contribution >= 4 is 0 Å². The van der Waals surface area contributed by atoms with Crippen LogP contribution in [0.2, 0.25) is 0 Å². The van der Waals surface area contributed by atoms with Gasteiger partial charge in [0.15, 0.2) is 0 Å². The maximum Gasteiger partial charge on any atom is 0.0123 e. The van der Waals surface area contributed by atoms with Crippen LogP contribution in [0.15, 0.2) is 0 Å². The van der Waals surface area contributed by atoms with Crippen LogP contribution in [0.4, 0.5) is 0 Å². The molecule has 2 rings (SSSR count). The minimum absolute atomic E-state index is 0.780. The summed E-state index contributed by atoms with van der Waals surface area (Å²) >= 11 is 0. The zero-order valence-corrected chi connectivity index (χ0v) is 14.0. The van der Waals surface area contributed by atoms with Crippen molar-refractivity contribution in [3.63, 3.8) is 0 Å². The van der Waals surface area contributed by atoms with Crippen molar-refractivity contribution in [2.24, 2.45) is 17.8 Å². The molecule has 1 N–H and O–H groups in total. The lowest BCUT2D eigenvalue weighted by Gasteiger charge is -2.43. The second-order valence-corrected chi connectivity index (χ2v) is 7.55. The SMILES string of the molecule is CCC1CCCCC1N1CCC(CNCC(C)C)CC1. The van der Waals surface area contributed by atoms with Crippen molar-refractivity contribution in [2.75, 3.05) is 26.2 Å². The Labute approximate surface area is 126 Å². The summed E-state index contributed by atoms with van der Waals surface area (Å²) in [7, 11) is 0. The van der Waals surface area contributed by atoms with Crippen molar-refractivity contribution in [1.82, 2.24) is 10.2 Å². The first-order chi connectivity index (χ1) is 9.70. The third-order valence-corrected chi connectivity index (χ3v) is 5.50. The third kappa shape index (κ3) is 4.73. The Hall–Kier alpha value is -0.0800. The van der Waals surface area contributed by atoms with Crippen molar-refractivity contribution in [1.29, 1.82) is 0 Å². The highest BCUT2D eigenvalue weighted by Gasteiger charge is 2.31. The Bertz CT molecular complexity index is 256. The Morgan fingerprint density at radius 2 is 1.75 bits per heavy atom. The van der Waals surface area contributed by atoms with Gasteiger partial charge in [-0.3, -0.25) is 0 Å². The first-order valence-electron chi connectivity index (χ1n) is 9.15. The van der Waals surface area contributed by atoms with E-state index in [-0.39, 0.29) is 0 Å². The highest BCUT2D eigenvalue weighted by Crippen LogP contribution is 2.32. The van der Waals surface area contributed by atoms with Crippen molar-refractivity contribution < 1.29 is 0 Å². The minimum Gasteiger partial charge on any atom is -0.316 e. The van der Waals surface area contributed by atoms with E-state index in [9.17, 15) is 0 Å². The van der Waals surface area contributed by atoms with Gasteiger partial charge in [0.25, 0.3) is 0 Å². The molecule has 1 aliphatic carbocycles. The van der Waals surface area contributed by atoms with Crippen molar-refractivity contribution in [3.05, 3.63) is 0 Å². The molecular formula is C18H36N2. The molecule has 0 aromatic rings. The van der Waals surface area contributed by atoms with E-state index < -0.39 is 0 Å². The second-order valence-electron chi connectivity index (χ2n) is 7.55. The molecule has 2 aliphatic rings. The molecule has 1 saturated carbocycles. The highest BCUT2D eigenvalue weighted by molar-refractivity contribution is 4.86. The van der Waals surface area contributed by atoms with E-state index >= 15 is 0 Å². The zero-order chi connectivity index (χ0) is 14.4. The number of likely N-dealkylation sites (tertiary alicyclic amines) is 1. The van der Waals surface area contributed by atoms with E-state index in [1.54, 1.807) is 0 Å². The van der Waals surface area contributed by atoms with Gasteiger partial charge in [0, 0.05) is 6.04 Å². The lowest BCUT2D eigenvalue weighted by Crippen LogP contribution is -2.47. The Kier molecular flexibility index (Phi) is 6.83. The molecular weight excluding hydrogens is 244 g/mol. The lowest BCUT2D eigenvalue weighted by atomic mass is 9.80. The summed E-state index contributed by atoms with van der Waals surface area (Å²) < 4.78 is 0. The zero-order valence-electron chi connectivity index (χ0n) is 14.0. The number of rotatable bonds is 6. The van der Waals surface area contributed by atoms with E-state index in [0.29, 0.717) is 0 Å². The van der Waals surface area contributed by atoms with Crippen LogP contribution < -0.4 is 5.32 Å². The number of hydrogen-bond acceptors (Lipinski definition) is 2. The molecule has 2 fully saturated rings. The van der Waals surface area contributed by atoms with E-state index in [0.717, 1.165) is 23.8 Å². The predicted octanol–water partition coefficient (Wildman–Crippen LogP) is 3.91. The van der Waals surface area contributed by atoms with Crippen molar-refractivity contribution in [2.45, 2.75) is 71.8 Å². The maximum absolute atomic E-state index is 3.65. The van der Waals surface area contributed by atoms with E-state index in [1.165, 1.54) is 71.1 Å². The van der Waals surface area contributed by atoms with Crippen molar-refractivity contribution in [3.8, 4) is 0 Å². The smallest absolute Gasteiger partial charge is 0.0123 e. The van der Waals surface area contributed by atoms with E-state index in [1.807, 2.05) is 0 Å². The molecule has 0 amide bonds. The molecule has 0 spiro atoms. The predicted molar refractivity (Wildman–Crippen MR) is 88.0 cm³/mol. The van der Waals surface area contributed by atoms with E-state index in [2.05, 4.69) is 31.0 Å².